The second-order valence-corrected chi connectivity index (χ2v) is 10.3. The van der Waals surface area contributed by atoms with Crippen molar-refractivity contribution in [2.24, 2.45) is 0 Å². The summed E-state index contributed by atoms with van der Waals surface area (Å²) >= 11 is 0. The summed E-state index contributed by atoms with van der Waals surface area (Å²) in [6, 6.07) is 3.27. The van der Waals surface area contributed by atoms with E-state index in [1.165, 1.54) is 0 Å². The predicted molar refractivity (Wildman–Crippen MR) is 145 cm³/mol. The van der Waals surface area contributed by atoms with E-state index in [0.717, 1.165) is 0 Å². The highest BCUT2D eigenvalue weighted by atomic mass is 16.3. The first-order chi connectivity index (χ1) is 17.8. The highest BCUT2D eigenvalue weighted by Crippen LogP contribution is 2.54. The number of carbonyl (C=O) groups is 2. The Kier molecular flexibility index (Phi) is 6.39. The largest absolute Gasteiger partial charge is 0.507 e. The molecule has 8 heteroatoms. The van der Waals surface area contributed by atoms with Crippen molar-refractivity contribution in [3.63, 3.8) is 0 Å². The molecule has 8 nitrogen and oxygen atoms in total. The lowest BCUT2D eigenvalue weighted by atomic mass is 9.83. The third-order valence-corrected chi connectivity index (χ3v) is 7.32. The SMILES string of the molecule is Cc1cc2c(C(C)C)c(O)c(O)c(C=O)c2c(O)c1-c1c(O)c(C=O)c2c(O)c(O)c(C(C)C)cc2c1C. The minimum absolute atomic E-state index is 0.0115. The maximum atomic E-state index is 12.2. The summed E-state index contributed by atoms with van der Waals surface area (Å²) in [4.78, 5) is 24.2. The van der Waals surface area contributed by atoms with Crippen LogP contribution in [0.5, 0.6) is 34.5 Å². The fourth-order valence-corrected chi connectivity index (χ4v) is 5.47. The zero-order valence-electron chi connectivity index (χ0n) is 22.0. The summed E-state index contributed by atoms with van der Waals surface area (Å²) in [7, 11) is 0. The smallest absolute Gasteiger partial charge is 0.169 e. The molecule has 0 saturated carbocycles. The maximum Gasteiger partial charge on any atom is 0.169 e. The highest BCUT2D eigenvalue weighted by Gasteiger charge is 2.29. The Labute approximate surface area is 219 Å². The second kappa shape index (κ2) is 9.13. The van der Waals surface area contributed by atoms with E-state index in [0.29, 0.717) is 45.6 Å². The Morgan fingerprint density at radius 3 is 1.68 bits per heavy atom. The van der Waals surface area contributed by atoms with Crippen LogP contribution in [0.25, 0.3) is 32.7 Å². The first-order valence-electron chi connectivity index (χ1n) is 12.2. The van der Waals surface area contributed by atoms with Gasteiger partial charge in [-0.1, -0.05) is 33.8 Å². The number of aryl methyl sites for hydroxylation is 2. The van der Waals surface area contributed by atoms with Gasteiger partial charge in [0.2, 0.25) is 0 Å². The number of phenolic OH excluding ortho intramolecular Hbond substituents is 6. The zero-order chi connectivity index (χ0) is 28.4. The molecule has 0 aliphatic carbocycles. The van der Waals surface area contributed by atoms with Gasteiger partial charge in [-0.05, 0) is 53.6 Å². The molecule has 0 amide bonds. The quantitative estimate of drug-likeness (QED) is 0.131. The van der Waals surface area contributed by atoms with E-state index in [4.69, 9.17) is 0 Å². The number of fused-ring (bicyclic) bond motifs is 2. The summed E-state index contributed by atoms with van der Waals surface area (Å²) in [6.07, 6.45) is 0.694. The lowest BCUT2D eigenvalue weighted by molar-refractivity contribution is 0.111. The minimum Gasteiger partial charge on any atom is -0.507 e. The van der Waals surface area contributed by atoms with E-state index in [1.807, 2.05) is 13.8 Å². The number of hydrogen-bond acceptors (Lipinski definition) is 8. The van der Waals surface area contributed by atoms with Gasteiger partial charge in [0, 0.05) is 33.0 Å². The fourth-order valence-electron chi connectivity index (χ4n) is 5.47. The molecule has 4 aromatic rings. The third kappa shape index (κ3) is 3.51. The van der Waals surface area contributed by atoms with E-state index < -0.39 is 28.7 Å². The molecule has 0 fully saturated rings. The van der Waals surface area contributed by atoms with Crippen molar-refractivity contribution in [2.75, 3.05) is 0 Å². The van der Waals surface area contributed by atoms with E-state index in [1.54, 1.807) is 39.8 Å². The first kappa shape index (κ1) is 26.6. The third-order valence-electron chi connectivity index (χ3n) is 7.32. The minimum atomic E-state index is -0.670. The molecule has 0 unspecified atom stereocenters. The molecule has 0 spiro atoms. The molecule has 0 saturated heterocycles. The molecule has 6 N–H and O–H groups in total. The molecule has 0 aromatic heterocycles. The van der Waals surface area contributed by atoms with Gasteiger partial charge in [0.05, 0.1) is 11.1 Å². The van der Waals surface area contributed by atoms with Crippen LogP contribution < -0.4 is 0 Å². The average Bonchev–Trinajstić information content (AvgIpc) is 2.84. The van der Waals surface area contributed by atoms with Crippen LogP contribution in [0.2, 0.25) is 0 Å². The number of benzene rings is 4. The van der Waals surface area contributed by atoms with Gasteiger partial charge >= 0.3 is 0 Å². The molecule has 0 aliphatic heterocycles. The van der Waals surface area contributed by atoms with Crippen LogP contribution in [0.3, 0.4) is 0 Å². The molecule has 0 aliphatic rings. The molecular weight excluding hydrogens is 488 g/mol. The molecule has 38 heavy (non-hydrogen) atoms. The number of carbonyl (C=O) groups excluding carboxylic acids is 2. The van der Waals surface area contributed by atoms with Gasteiger partial charge in [0.1, 0.15) is 11.5 Å². The molecule has 198 valence electrons. The van der Waals surface area contributed by atoms with Crippen LogP contribution in [0.4, 0.5) is 0 Å². The van der Waals surface area contributed by atoms with Crippen molar-refractivity contribution >= 4 is 34.1 Å². The number of rotatable bonds is 5. The van der Waals surface area contributed by atoms with Crippen LogP contribution in [-0.2, 0) is 0 Å². The van der Waals surface area contributed by atoms with Gasteiger partial charge in [-0.3, -0.25) is 9.59 Å². The molecule has 4 aromatic carbocycles. The van der Waals surface area contributed by atoms with Crippen molar-refractivity contribution in [3.05, 3.63) is 45.5 Å². The van der Waals surface area contributed by atoms with Gasteiger partial charge < -0.3 is 30.6 Å². The Morgan fingerprint density at radius 1 is 0.605 bits per heavy atom. The Bertz CT molecular complexity index is 1680. The summed E-state index contributed by atoms with van der Waals surface area (Å²) in [5.41, 5.74) is 1.22. The van der Waals surface area contributed by atoms with E-state index >= 15 is 0 Å². The van der Waals surface area contributed by atoms with Gasteiger partial charge in [-0.2, -0.15) is 0 Å². The zero-order valence-corrected chi connectivity index (χ0v) is 22.0. The van der Waals surface area contributed by atoms with Crippen LogP contribution in [0, 0.1) is 13.8 Å². The van der Waals surface area contributed by atoms with Crippen molar-refractivity contribution in [1.29, 1.82) is 0 Å². The molecule has 0 radical (unpaired) electrons. The van der Waals surface area contributed by atoms with Crippen LogP contribution in [0.1, 0.15) is 82.5 Å². The van der Waals surface area contributed by atoms with E-state index in [9.17, 15) is 40.2 Å². The maximum absolute atomic E-state index is 12.2. The summed E-state index contributed by atoms with van der Waals surface area (Å²) in [5, 5.41) is 66.2. The Morgan fingerprint density at radius 2 is 1.16 bits per heavy atom. The van der Waals surface area contributed by atoms with Crippen molar-refractivity contribution in [2.45, 2.75) is 53.4 Å². The van der Waals surface area contributed by atoms with Gasteiger partial charge in [0.25, 0.3) is 0 Å². The number of aromatic hydroxyl groups is 6. The highest BCUT2D eigenvalue weighted by molar-refractivity contribution is 6.14. The average molecular weight is 519 g/mol. The van der Waals surface area contributed by atoms with Crippen LogP contribution in [0.15, 0.2) is 12.1 Å². The van der Waals surface area contributed by atoms with Crippen molar-refractivity contribution < 1.29 is 40.2 Å². The van der Waals surface area contributed by atoms with Crippen molar-refractivity contribution in [3.8, 4) is 45.6 Å². The monoisotopic (exact) mass is 518 g/mol. The van der Waals surface area contributed by atoms with E-state index in [-0.39, 0.29) is 50.6 Å². The van der Waals surface area contributed by atoms with Crippen LogP contribution in [-0.4, -0.2) is 43.2 Å². The number of hydrogen-bond donors (Lipinski definition) is 6. The van der Waals surface area contributed by atoms with Gasteiger partial charge in [-0.15, -0.1) is 0 Å². The topological polar surface area (TPSA) is 156 Å². The fraction of sp³-hybridized carbons (Fsp3) is 0.267. The summed E-state index contributed by atoms with van der Waals surface area (Å²) in [5.74, 6) is -3.48. The van der Waals surface area contributed by atoms with E-state index in [2.05, 4.69) is 0 Å². The Balaban J connectivity index is 2.29. The normalized spacial score (nSPS) is 11.7. The Hall–Kier alpha value is -4.46. The standard InChI is InChI=1S/C30H30O8/c1-11(2)15-8-16-14(6)22(25(33)18(9-31)23(16)30(38)26(15)34)21-13(5)7-17-20(12(3)4)29(37)27(35)19(10-32)24(17)28(21)36/h7-12,33-38H,1-6H3. The van der Waals surface area contributed by atoms with Gasteiger partial charge in [0.15, 0.2) is 35.6 Å². The number of aldehydes is 2. The first-order valence-corrected chi connectivity index (χ1v) is 12.2. The summed E-state index contributed by atoms with van der Waals surface area (Å²) in [6.45, 7) is 10.5. The molecule has 4 rings (SSSR count). The lowest BCUT2D eigenvalue weighted by Gasteiger charge is -2.23. The summed E-state index contributed by atoms with van der Waals surface area (Å²) < 4.78 is 0. The molecule has 0 heterocycles. The van der Waals surface area contributed by atoms with Gasteiger partial charge in [-0.25, -0.2) is 0 Å². The van der Waals surface area contributed by atoms with Crippen LogP contribution >= 0.6 is 0 Å². The lowest BCUT2D eigenvalue weighted by Crippen LogP contribution is -2.01. The number of phenols is 6. The molecular formula is C30H30O8. The molecule has 0 atom stereocenters. The predicted octanol–water partition coefficient (Wildman–Crippen LogP) is 6.38. The van der Waals surface area contributed by atoms with Crippen molar-refractivity contribution in [1.82, 2.24) is 0 Å². The second-order valence-electron chi connectivity index (χ2n) is 10.3. The molecule has 0 bridgehead atoms.